The number of carbonyl (C=O) groups excluding carboxylic acids is 1. The van der Waals surface area contributed by atoms with Crippen LogP contribution in [0.15, 0.2) is 30.3 Å². The van der Waals surface area contributed by atoms with Crippen LogP contribution in [0.2, 0.25) is 0 Å². The second kappa shape index (κ2) is 6.33. The van der Waals surface area contributed by atoms with Gasteiger partial charge in [0.1, 0.15) is 6.42 Å². The Bertz CT molecular complexity index is 439. The Morgan fingerprint density at radius 3 is 2.26 bits per heavy atom. The van der Waals surface area contributed by atoms with Gasteiger partial charge in [0.05, 0.1) is 0 Å². The van der Waals surface area contributed by atoms with Crippen LogP contribution < -0.4 is 0 Å². The van der Waals surface area contributed by atoms with Gasteiger partial charge in [-0.1, -0.05) is 30.3 Å². The van der Waals surface area contributed by atoms with Crippen LogP contribution in [0.1, 0.15) is 12.0 Å². The summed E-state index contributed by atoms with van der Waals surface area (Å²) >= 11 is 0. The maximum Gasteiger partial charge on any atom is 0.312 e. The lowest BCUT2D eigenvalue weighted by molar-refractivity contribution is -0.145. The molecule has 1 saturated heterocycles. The lowest BCUT2D eigenvalue weighted by Crippen LogP contribution is -2.48. The maximum atomic E-state index is 11.6. The predicted octanol–water partition coefficient (Wildman–Crippen LogP) is 0.805. The van der Waals surface area contributed by atoms with Crippen molar-refractivity contribution >= 4 is 11.9 Å². The highest BCUT2D eigenvalue weighted by molar-refractivity contribution is 5.93. The molecule has 0 atom stereocenters. The van der Waals surface area contributed by atoms with Crippen LogP contribution in [0.5, 0.6) is 0 Å². The molecule has 1 aliphatic rings. The minimum absolute atomic E-state index is 0.285. The molecule has 1 aromatic carbocycles. The number of carboxylic acid groups (broad SMARTS) is 1. The Balaban J connectivity index is 1.79. The van der Waals surface area contributed by atoms with Gasteiger partial charge < -0.3 is 10.0 Å². The fraction of sp³-hybridized carbons (Fsp3) is 0.429. The molecule has 1 amide bonds. The number of carboxylic acids is 1. The van der Waals surface area contributed by atoms with Crippen LogP contribution in [0.3, 0.4) is 0 Å². The topological polar surface area (TPSA) is 60.9 Å². The van der Waals surface area contributed by atoms with Gasteiger partial charge in [0, 0.05) is 32.7 Å². The molecule has 2 rings (SSSR count). The second-order valence-corrected chi connectivity index (χ2v) is 4.71. The molecule has 0 unspecified atom stereocenters. The zero-order valence-corrected chi connectivity index (χ0v) is 10.8. The van der Waals surface area contributed by atoms with E-state index in [1.165, 1.54) is 5.56 Å². The molecule has 1 aliphatic heterocycles. The van der Waals surface area contributed by atoms with E-state index < -0.39 is 12.4 Å². The molecule has 0 aromatic heterocycles. The molecule has 1 fully saturated rings. The van der Waals surface area contributed by atoms with Gasteiger partial charge in [0.2, 0.25) is 5.91 Å². The highest BCUT2D eigenvalue weighted by Crippen LogP contribution is 2.09. The van der Waals surface area contributed by atoms with Crippen molar-refractivity contribution in [1.29, 1.82) is 0 Å². The van der Waals surface area contributed by atoms with E-state index >= 15 is 0 Å². The Morgan fingerprint density at radius 1 is 1.05 bits per heavy atom. The molecule has 5 heteroatoms. The van der Waals surface area contributed by atoms with Gasteiger partial charge in [-0.3, -0.25) is 14.5 Å². The van der Waals surface area contributed by atoms with Crippen molar-refractivity contribution < 1.29 is 14.7 Å². The van der Waals surface area contributed by atoms with E-state index in [9.17, 15) is 9.59 Å². The summed E-state index contributed by atoms with van der Waals surface area (Å²) in [6, 6.07) is 10.2. The SMILES string of the molecule is O=C(O)CC(=O)N1CCN(Cc2ccccc2)CC1. The molecule has 1 aromatic rings. The van der Waals surface area contributed by atoms with Gasteiger partial charge in [-0.25, -0.2) is 0 Å². The van der Waals surface area contributed by atoms with Crippen molar-refractivity contribution in [2.45, 2.75) is 13.0 Å². The summed E-state index contributed by atoms with van der Waals surface area (Å²) in [5, 5.41) is 8.60. The number of carbonyl (C=O) groups is 2. The molecule has 5 nitrogen and oxygen atoms in total. The highest BCUT2D eigenvalue weighted by atomic mass is 16.4. The predicted molar refractivity (Wildman–Crippen MR) is 70.6 cm³/mol. The Morgan fingerprint density at radius 2 is 1.68 bits per heavy atom. The molecule has 1 heterocycles. The van der Waals surface area contributed by atoms with E-state index in [0.29, 0.717) is 13.1 Å². The molecule has 0 spiro atoms. The lowest BCUT2D eigenvalue weighted by atomic mass is 10.2. The summed E-state index contributed by atoms with van der Waals surface area (Å²) in [5.74, 6) is -1.34. The Labute approximate surface area is 112 Å². The van der Waals surface area contributed by atoms with Crippen molar-refractivity contribution in [1.82, 2.24) is 9.80 Å². The minimum Gasteiger partial charge on any atom is -0.481 e. The first kappa shape index (κ1) is 13.5. The summed E-state index contributed by atoms with van der Waals surface area (Å²) in [5.41, 5.74) is 1.26. The van der Waals surface area contributed by atoms with Crippen molar-refractivity contribution in [3.8, 4) is 0 Å². The molecule has 0 saturated carbocycles. The average Bonchev–Trinajstić information content (AvgIpc) is 2.40. The van der Waals surface area contributed by atoms with Gasteiger partial charge >= 0.3 is 5.97 Å². The third-order valence-corrected chi connectivity index (χ3v) is 3.28. The number of benzene rings is 1. The number of nitrogens with zero attached hydrogens (tertiary/aromatic N) is 2. The molecule has 0 bridgehead atoms. The number of amides is 1. The van der Waals surface area contributed by atoms with Gasteiger partial charge in [-0.15, -0.1) is 0 Å². The van der Waals surface area contributed by atoms with Crippen molar-refractivity contribution in [3.05, 3.63) is 35.9 Å². The number of hydrogen-bond acceptors (Lipinski definition) is 3. The molecule has 19 heavy (non-hydrogen) atoms. The first-order valence-corrected chi connectivity index (χ1v) is 6.41. The Hall–Kier alpha value is -1.88. The molecule has 0 radical (unpaired) electrons. The third-order valence-electron chi connectivity index (χ3n) is 3.28. The summed E-state index contributed by atoms with van der Waals surface area (Å²) in [7, 11) is 0. The standard InChI is InChI=1S/C14H18N2O3/c17-13(10-14(18)19)16-8-6-15(7-9-16)11-12-4-2-1-3-5-12/h1-5H,6-11H2,(H,18,19). The van der Waals surface area contributed by atoms with E-state index in [1.807, 2.05) is 18.2 Å². The lowest BCUT2D eigenvalue weighted by Gasteiger charge is -2.34. The molecule has 102 valence electrons. The molecule has 1 N–H and O–H groups in total. The first-order valence-electron chi connectivity index (χ1n) is 6.41. The Kier molecular flexibility index (Phi) is 4.52. The monoisotopic (exact) mass is 262 g/mol. The summed E-state index contributed by atoms with van der Waals surface area (Å²) in [6.07, 6.45) is -0.404. The second-order valence-electron chi connectivity index (χ2n) is 4.71. The van der Waals surface area contributed by atoms with Crippen molar-refractivity contribution in [2.75, 3.05) is 26.2 Å². The van der Waals surface area contributed by atoms with E-state index in [2.05, 4.69) is 17.0 Å². The fourth-order valence-corrected chi connectivity index (χ4v) is 2.24. The third kappa shape index (κ3) is 4.06. The van der Waals surface area contributed by atoms with Gasteiger partial charge in [-0.05, 0) is 5.56 Å². The molecule has 0 aliphatic carbocycles. The van der Waals surface area contributed by atoms with Gasteiger partial charge in [0.15, 0.2) is 0 Å². The number of hydrogen-bond donors (Lipinski definition) is 1. The van der Waals surface area contributed by atoms with Crippen molar-refractivity contribution in [3.63, 3.8) is 0 Å². The van der Waals surface area contributed by atoms with E-state index in [-0.39, 0.29) is 5.91 Å². The van der Waals surface area contributed by atoms with E-state index in [0.717, 1.165) is 19.6 Å². The maximum absolute atomic E-state index is 11.6. The van der Waals surface area contributed by atoms with Crippen LogP contribution in [-0.2, 0) is 16.1 Å². The van der Waals surface area contributed by atoms with Crippen LogP contribution >= 0.6 is 0 Å². The average molecular weight is 262 g/mol. The van der Waals surface area contributed by atoms with Gasteiger partial charge in [0.25, 0.3) is 0 Å². The number of rotatable bonds is 4. The van der Waals surface area contributed by atoms with Crippen LogP contribution in [0.4, 0.5) is 0 Å². The van der Waals surface area contributed by atoms with Crippen LogP contribution in [0.25, 0.3) is 0 Å². The van der Waals surface area contributed by atoms with Crippen LogP contribution in [0, 0.1) is 0 Å². The van der Waals surface area contributed by atoms with Crippen molar-refractivity contribution in [2.24, 2.45) is 0 Å². The zero-order valence-electron chi connectivity index (χ0n) is 10.8. The van der Waals surface area contributed by atoms with Crippen LogP contribution in [-0.4, -0.2) is 53.0 Å². The summed E-state index contributed by atoms with van der Waals surface area (Å²) in [6.45, 7) is 3.68. The highest BCUT2D eigenvalue weighted by Gasteiger charge is 2.22. The number of piperazine rings is 1. The fourth-order valence-electron chi connectivity index (χ4n) is 2.24. The minimum atomic E-state index is -1.06. The van der Waals surface area contributed by atoms with Gasteiger partial charge in [-0.2, -0.15) is 0 Å². The largest absolute Gasteiger partial charge is 0.481 e. The van der Waals surface area contributed by atoms with E-state index in [1.54, 1.807) is 4.90 Å². The zero-order chi connectivity index (χ0) is 13.7. The summed E-state index contributed by atoms with van der Waals surface area (Å²) < 4.78 is 0. The van der Waals surface area contributed by atoms with E-state index in [4.69, 9.17) is 5.11 Å². The number of aliphatic carboxylic acids is 1. The quantitative estimate of drug-likeness (QED) is 0.816. The summed E-state index contributed by atoms with van der Waals surface area (Å²) in [4.78, 5) is 26.0. The first-order chi connectivity index (χ1) is 9.15. The molecular formula is C14H18N2O3. The molecular weight excluding hydrogens is 244 g/mol. The normalized spacial score (nSPS) is 16.3. The smallest absolute Gasteiger partial charge is 0.312 e.